The van der Waals surface area contributed by atoms with Crippen molar-refractivity contribution in [3.63, 3.8) is 0 Å². The minimum Gasteiger partial charge on any atom is -0.306 e. The Bertz CT molecular complexity index is 557. The van der Waals surface area contributed by atoms with E-state index in [2.05, 4.69) is 15.9 Å². The van der Waals surface area contributed by atoms with E-state index in [1.807, 2.05) is 31.2 Å². The normalized spacial score (nSPS) is 19.5. The number of benzene rings is 1. The van der Waals surface area contributed by atoms with Gasteiger partial charge in [0.2, 0.25) is 5.91 Å². The van der Waals surface area contributed by atoms with Crippen molar-refractivity contribution in [2.24, 2.45) is 5.92 Å². The summed E-state index contributed by atoms with van der Waals surface area (Å²) in [6, 6.07) is 5.62. The second-order valence-electron chi connectivity index (χ2n) is 5.03. The first-order valence-electron chi connectivity index (χ1n) is 6.46. The number of allylic oxidation sites excluding steroid dienone is 1. The fraction of sp³-hybridized carbons (Fsp3) is 0.400. The van der Waals surface area contributed by atoms with Gasteiger partial charge in [-0.2, -0.15) is 0 Å². The van der Waals surface area contributed by atoms with E-state index in [1.54, 1.807) is 6.92 Å². The van der Waals surface area contributed by atoms with E-state index in [0.717, 1.165) is 15.6 Å². The van der Waals surface area contributed by atoms with Crippen LogP contribution in [0.15, 0.2) is 28.7 Å². The Hall–Kier alpha value is -1.23. The van der Waals surface area contributed by atoms with Gasteiger partial charge < -0.3 is 4.90 Å². The van der Waals surface area contributed by atoms with Crippen molar-refractivity contribution >= 4 is 27.5 Å². The molecule has 1 aliphatic rings. The molecule has 1 amide bonds. The van der Waals surface area contributed by atoms with Gasteiger partial charge in [-0.3, -0.25) is 4.79 Å². The van der Waals surface area contributed by atoms with Gasteiger partial charge in [0, 0.05) is 21.7 Å². The van der Waals surface area contributed by atoms with Gasteiger partial charge in [0.25, 0.3) is 6.43 Å². The fourth-order valence-corrected chi connectivity index (χ4v) is 2.86. The molecular weight excluding hydrogens is 328 g/mol. The molecule has 0 radical (unpaired) electrons. The second-order valence-corrected chi connectivity index (χ2v) is 5.94. The standard InChI is InChI=1S/C15H16BrF2NO/c1-9-3-6-13(19(15(9)20)8-14(17)18)12-5-4-11(16)7-10(12)2/h4-7,9,14H,3,8H2,1-2H3. The second kappa shape index (κ2) is 6.04. The predicted octanol–water partition coefficient (Wildman–Crippen LogP) is 4.23. The lowest BCUT2D eigenvalue weighted by Crippen LogP contribution is -2.39. The van der Waals surface area contributed by atoms with Gasteiger partial charge in [0.15, 0.2) is 0 Å². The molecule has 2 nitrogen and oxygen atoms in total. The van der Waals surface area contributed by atoms with Crippen molar-refractivity contribution in [3.8, 4) is 0 Å². The van der Waals surface area contributed by atoms with E-state index in [4.69, 9.17) is 0 Å². The van der Waals surface area contributed by atoms with Crippen LogP contribution in [0, 0.1) is 12.8 Å². The molecule has 0 N–H and O–H groups in total. The number of amides is 1. The summed E-state index contributed by atoms with van der Waals surface area (Å²) in [6.45, 7) is 3.12. The van der Waals surface area contributed by atoms with Crippen LogP contribution in [0.4, 0.5) is 8.78 Å². The highest BCUT2D eigenvalue weighted by Gasteiger charge is 2.30. The minimum absolute atomic E-state index is 0.231. The highest BCUT2D eigenvalue weighted by atomic mass is 79.9. The topological polar surface area (TPSA) is 20.3 Å². The van der Waals surface area contributed by atoms with E-state index in [0.29, 0.717) is 12.1 Å². The van der Waals surface area contributed by atoms with E-state index >= 15 is 0 Å². The molecule has 108 valence electrons. The van der Waals surface area contributed by atoms with Gasteiger partial charge in [-0.15, -0.1) is 0 Å². The zero-order valence-electron chi connectivity index (χ0n) is 11.4. The molecule has 1 heterocycles. The van der Waals surface area contributed by atoms with Crippen molar-refractivity contribution in [3.05, 3.63) is 39.9 Å². The SMILES string of the molecule is Cc1cc(Br)ccc1C1=CCC(C)C(=O)N1CC(F)F. The molecule has 1 aromatic rings. The van der Waals surface area contributed by atoms with Gasteiger partial charge in [-0.25, -0.2) is 8.78 Å². The number of aryl methyl sites for hydroxylation is 1. The van der Waals surface area contributed by atoms with E-state index < -0.39 is 13.0 Å². The van der Waals surface area contributed by atoms with Gasteiger partial charge in [0.05, 0.1) is 6.54 Å². The molecule has 0 aliphatic carbocycles. The maximum absolute atomic E-state index is 12.7. The molecule has 0 bridgehead atoms. The highest BCUT2D eigenvalue weighted by Crippen LogP contribution is 2.31. The highest BCUT2D eigenvalue weighted by molar-refractivity contribution is 9.10. The number of hydrogen-bond donors (Lipinski definition) is 0. The Morgan fingerprint density at radius 1 is 1.45 bits per heavy atom. The first-order valence-corrected chi connectivity index (χ1v) is 7.25. The van der Waals surface area contributed by atoms with Crippen LogP contribution in [0.5, 0.6) is 0 Å². The lowest BCUT2D eigenvalue weighted by molar-refractivity contribution is -0.133. The van der Waals surface area contributed by atoms with Crippen molar-refractivity contribution in [2.45, 2.75) is 26.7 Å². The zero-order chi connectivity index (χ0) is 14.9. The fourth-order valence-electron chi connectivity index (χ4n) is 2.38. The Labute approximate surface area is 125 Å². The quantitative estimate of drug-likeness (QED) is 0.804. The predicted molar refractivity (Wildman–Crippen MR) is 78.4 cm³/mol. The maximum atomic E-state index is 12.7. The van der Waals surface area contributed by atoms with Crippen LogP contribution >= 0.6 is 15.9 Å². The first-order chi connectivity index (χ1) is 9.40. The molecule has 20 heavy (non-hydrogen) atoms. The van der Waals surface area contributed by atoms with Gasteiger partial charge in [-0.05, 0) is 31.0 Å². The third-order valence-corrected chi connectivity index (χ3v) is 3.92. The molecule has 0 saturated heterocycles. The third-order valence-electron chi connectivity index (χ3n) is 3.43. The number of alkyl halides is 2. The molecule has 1 unspecified atom stereocenters. The van der Waals surface area contributed by atoms with Crippen molar-refractivity contribution in [1.82, 2.24) is 4.90 Å². The van der Waals surface area contributed by atoms with Crippen molar-refractivity contribution < 1.29 is 13.6 Å². The average Bonchev–Trinajstić information content (AvgIpc) is 2.36. The Morgan fingerprint density at radius 3 is 2.75 bits per heavy atom. The zero-order valence-corrected chi connectivity index (χ0v) is 13.0. The molecule has 0 fully saturated rings. The van der Waals surface area contributed by atoms with Crippen LogP contribution < -0.4 is 0 Å². The van der Waals surface area contributed by atoms with Crippen LogP contribution in [0.2, 0.25) is 0 Å². The molecule has 0 spiro atoms. The van der Waals surface area contributed by atoms with Gasteiger partial charge in [0.1, 0.15) is 0 Å². The molecule has 2 rings (SSSR count). The number of carbonyl (C=O) groups is 1. The van der Waals surface area contributed by atoms with Crippen LogP contribution in [-0.2, 0) is 4.79 Å². The number of hydrogen-bond acceptors (Lipinski definition) is 1. The van der Waals surface area contributed by atoms with Crippen LogP contribution in [-0.4, -0.2) is 23.8 Å². The smallest absolute Gasteiger partial charge is 0.256 e. The Balaban J connectivity index is 2.43. The van der Waals surface area contributed by atoms with E-state index in [1.165, 1.54) is 4.90 Å². The minimum atomic E-state index is -2.54. The summed E-state index contributed by atoms with van der Waals surface area (Å²) in [6.07, 6.45) is -0.0722. The molecule has 1 atom stereocenters. The number of halogens is 3. The molecule has 1 aliphatic heterocycles. The first kappa shape index (κ1) is 15.2. The molecule has 1 aromatic carbocycles. The summed E-state index contributed by atoms with van der Waals surface area (Å²) in [5.74, 6) is -0.474. The van der Waals surface area contributed by atoms with E-state index in [-0.39, 0.29) is 11.8 Å². The van der Waals surface area contributed by atoms with Gasteiger partial charge in [-0.1, -0.05) is 35.0 Å². The summed E-state index contributed by atoms with van der Waals surface area (Å²) in [7, 11) is 0. The molecule has 5 heteroatoms. The van der Waals surface area contributed by atoms with Crippen LogP contribution in [0.3, 0.4) is 0 Å². The Kier molecular flexibility index (Phi) is 4.58. The number of carbonyl (C=O) groups excluding carboxylic acids is 1. The molecule has 0 aromatic heterocycles. The Morgan fingerprint density at radius 2 is 2.15 bits per heavy atom. The van der Waals surface area contributed by atoms with Crippen molar-refractivity contribution in [2.75, 3.05) is 6.54 Å². The lowest BCUT2D eigenvalue weighted by atomic mass is 9.95. The monoisotopic (exact) mass is 343 g/mol. The van der Waals surface area contributed by atoms with Crippen LogP contribution in [0.1, 0.15) is 24.5 Å². The molecular formula is C15H16BrF2NO. The lowest BCUT2D eigenvalue weighted by Gasteiger charge is -2.32. The van der Waals surface area contributed by atoms with Gasteiger partial charge >= 0.3 is 0 Å². The maximum Gasteiger partial charge on any atom is 0.256 e. The van der Waals surface area contributed by atoms with E-state index in [9.17, 15) is 13.6 Å². The molecule has 0 saturated carbocycles. The summed E-state index contributed by atoms with van der Waals surface area (Å²) >= 11 is 3.38. The largest absolute Gasteiger partial charge is 0.306 e. The summed E-state index contributed by atoms with van der Waals surface area (Å²) < 4.78 is 26.4. The van der Waals surface area contributed by atoms with Crippen molar-refractivity contribution in [1.29, 1.82) is 0 Å². The average molecular weight is 344 g/mol. The van der Waals surface area contributed by atoms with Crippen LogP contribution in [0.25, 0.3) is 5.70 Å². The number of rotatable bonds is 3. The number of nitrogens with zero attached hydrogens (tertiary/aromatic N) is 1. The third kappa shape index (κ3) is 3.08. The summed E-state index contributed by atoms with van der Waals surface area (Å²) in [4.78, 5) is 13.4. The summed E-state index contributed by atoms with van der Waals surface area (Å²) in [5, 5.41) is 0. The summed E-state index contributed by atoms with van der Waals surface area (Å²) in [5.41, 5.74) is 2.37.